The Morgan fingerprint density at radius 3 is 2.65 bits per heavy atom. The minimum absolute atomic E-state index is 0.129. The highest BCUT2D eigenvalue weighted by Crippen LogP contribution is 2.30. The van der Waals surface area contributed by atoms with Gasteiger partial charge in [-0.25, -0.2) is 9.97 Å². The number of halogens is 2. The Bertz CT molecular complexity index is 625. The molecule has 2 heterocycles. The predicted molar refractivity (Wildman–Crippen MR) is 86.4 cm³/mol. The first-order chi connectivity index (χ1) is 9.47. The zero-order chi connectivity index (χ0) is 14.7. The van der Waals surface area contributed by atoms with E-state index in [1.807, 2.05) is 6.07 Å². The van der Waals surface area contributed by atoms with Crippen LogP contribution in [-0.4, -0.2) is 15.1 Å². The van der Waals surface area contributed by atoms with E-state index in [0.717, 1.165) is 14.9 Å². The largest absolute Gasteiger partial charge is 0.504 e. The van der Waals surface area contributed by atoms with Gasteiger partial charge in [-0.1, -0.05) is 25.4 Å². The van der Waals surface area contributed by atoms with Crippen molar-refractivity contribution in [2.75, 3.05) is 4.72 Å². The van der Waals surface area contributed by atoms with Crippen molar-refractivity contribution >= 4 is 45.3 Å². The van der Waals surface area contributed by atoms with Crippen LogP contribution in [0.15, 0.2) is 33.9 Å². The fourth-order valence-electron chi connectivity index (χ4n) is 1.43. The number of hydrogen-bond acceptors (Lipinski definition) is 5. The van der Waals surface area contributed by atoms with Gasteiger partial charge in [0.05, 0.1) is 4.47 Å². The van der Waals surface area contributed by atoms with Crippen LogP contribution in [0, 0.1) is 0 Å². The Morgan fingerprint density at radius 1 is 1.30 bits per heavy atom. The van der Waals surface area contributed by atoms with E-state index < -0.39 is 0 Å². The van der Waals surface area contributed by atoms with Gasteiger partial charge in [-0.2, -0.15) is 0 Å². The van der Waals surface area contributed by atoms with Crippen LogP contribution < -0.4 is 4.72 Å². The van der Waals surface area contributed by atoms with E-state index in [2.05, 4.69) is 44.5 Å². The summed E-state index contributed by atoms with van der Waals surface area (Å²) in [7, 11) is 0. The van der Waals surface area contributed by atoms with Crippen molar-refractivity contribution in [3.8, 4) is 5.75 Å². The molecule has 0 spiro atoms. The van der Waals surface area contributed by atoms with Gasteiger partial charge < -0.3 is 9.83 Å². The van der Waals surface area contributed by atoms with E-state index in [0.29, 0.717) is 16.9 Å². The summed E-state index contributed by atoms with van der Waals surface area (Å²) in [5, 5.41) is 10.3. The van der Waals surface area contributed by atoms with Crippen molar-refractivity contribution < 1.29 is 5.11 Å². The van der Waals surface area contributed by atoms with Gasteiger partial charge in [0, 0.05) is 17.3 Å². The van der Waals surface area contributed by atoms with Crippen molar-refractivity contribution in [1.29, 1.82) is 0 Å². The van der Waals surface area contributed by atoms with Crippen LogP contribution in [0.25, 0.3) is 0 Å². The summed E-state index contributed by atoms with van der Waals surface area (Å²) in [5.74, 6) is 0.877. The van der Waals surface area contributed by atoms with Crippen molar-refractivity contribution in [3.63, 3.8) is 0 Å². The van der Waals surface area contributed by atoms with E-state index in [1.54, 1.807) is 18.5 Å². The van der Waals surface area contributed by atoms with Gasteiger partial charge in [-0.05, 0) is 51.5 Å². The first-order valence-corrected chi connectivity index (χ1v) is 7.89. The first-order valence-electron chi connectivity index (χ1n) is 5.90. The standard InChI is InChI=1S/C13H13BrClN3OS/c1-7(2)8-3-11(19)13(17-5-8)18-20-9-4-10(14)12(15)16-6-9/h3-7,19H,1-2H3,(H,17,18). The Hall–Kier alpha value is -0.980. The molecule has 2 aromatic rings. The molecule has 0 unspecified atom stereocenters. The molecule has 0 aromatic carbocycles. The van der Waals surface area contributed by atoms with Gasteiger partial charge in [0.15, 0.2) is 11.6 Å². The molecule has 0 aliphatic carbocycles. The van der Waals surface area contributed by atoms with Crippen LogP contribution in [0.5, 0.6) is 5.75 Å². The fourth-order valence-corrected chi connectivity index (χ4v) is 2.69. The molecular formula is C13H13BrClN3OS. The van der Waals surface area contributed by atoms with Gasteiger partial charge >= 0.3 is 0 Å². The average molecular weight is 375 g/mol. The van der Waals surface area contributed by atoms with Crippen LogP contribution >= 0.6 is 39.5 Å². The fraction of sp³-hybridized carbons (Fsp3) is 0.231. The Kier molecular flexibility index (Phi) is 5.12. The molecule has 0 bridgehead atoms. The number of rotatable bonds is 4. The topological polar surface area (TPSA) is 58.0 Å². The van der Waals surface area contributed by atoms with Crippen molar-refractivity contribution in [2.45, 2.75) is 24.7 Å². The molecule has 20 heavy (non-hydrogen) atoms. The first kappa shape index (κ1) is 15.4. The van der Waals surface area contributed by atoms with Crippen LogP contribution in [-0.2, 0) is 0 Å². The molecule has 0 radical (unpaired) electrons. The van der Waals surface area contributed by atoms with Crippen LogP contribution in [0.1, 0.15) is 25.3 Å². The lowest BCUT2D eigenvalue weighted by atomic mass is 10.1. The normalized spacial score (nSPS) is 10.8. The molecule has 2 rings (SSSR count). The highest BCUT2D eigenvalue weighted by atomic mass is 79.9. The number of nitrogens with zero attached hydrogens (tertiary/aromatic N) is 2. The van der Waals surface area contributed by atoms with E-state index in [1.165, 1.54) is 11.9 Å². The Balaban J connectivity index is 2.09. The molecule has 0 amide bonds. The Labute approximate surface area is 135 Å². The Morgan fingerprint density at radius 2 is 2.05 bits per heavy atom. The van der Waals surface area contributed by atoms with Crippen molar-refractivity contribution in [3.05, 3.63) is 39.7 Å². The molecule has 0 aliphatic heterocycles. The third-order valence-corrected chi connectivity index (χ3v) is 4.48. The maximum atomic E-state index is 9.93. The van der Waals surface area contributed by atoms with Gasteiger partial charge in [0.1, 0.15) is 5.15 Å². The highest BCUT2D eigenvalue weighted by Gasteiger charge is 2.08. The summed E-state index contributed by atoms with van der Waals surface area (Å²) in [6.07, 6.45) is 3.40. The SMILES string of the molecule is CC(C)c1cnc(NSc2cnc(Cl)c(Br)c2)c(O)c1. The third-order valence-electron chi connectivity index (χ3n) is 2.59. The van der Waals surface area contributed by atoms with Gasteiger partial charge in [0.25, 0.3) is 0 Å². The summed E-state index contributed by atoms with van der Waals surface area (Å²) < 4.78 is 3.71. The average Bonchev–Trinajstić information content (AvgIpc) is 2.41. The molecule has 4 nitrogen and oxygen atoms in total. The van der Waals surface area contributed by atoms with Gasteiger partial charge in [-0.15, -0.1) is 0 Å². The van der Waals surface area contributed by atoms with Gasteiger partial charge in [-0.3, -0.25) is 0 Å². The number of nitrogens with one attached hydrogen (secondary N) is 1. The number of hydrogen-bond donors (Lipinski definition) is 2. The molecule has 7 heteroatoms. The van der Waals surface area contributed by atoms with Crippen molar-refractivity contribution in [2.24, 2.45) is 0 Å². The quantitative estimate of drug-likeness (QED) is 0.592. The summed E-state index contributed by atoms with van der Waals surface area (Å²) >= 11 is 10.4. The molecule has 106 valence electrons. The molecule has 0 aliphatic rings. The number of aromatic nitrogens is 2. The second-order valence-corrected chi connectivity index (χ2v) is 6.53. The molecule has 0 saturated carbocycles. The summed E-state index contributed by atoms with van der Waals surface area (Å²) in [6, 6.07) is 3.56. The van der Waals surface area contributed by atoms with Crippen LogP contribution in [0.3, 0.4) is 0 Å². The third kappa shape index (κ3) is 3.77. The summed E-state index contributed by atoms with van der Waals surface area (Å²) in [4.78, 5) is 9.10. The number of anilines is 1. The molecule has 2 aromatic heterocycles. The van der Waals surface area contributed by atoms with Gasteiger partial charge in [0.2, 0.25) is 0 Å². The maximum Gasteiger partial charge on any atom is 0.178 e. The zero-order valence-electron chi connectivity index (χ0n) is 10.9. The smallest absolute Gasteiger partial charge is 0.178 e. The van der Waals surface area contributed by atoms with Crippen molar-refractivity contribution in [1.82, 2.24) is 9.97 Å². The van der Waals surface area contributed by atoms with E-state index in [4.69, 9.17) is 11.6 Å². The summed E-state index contributed by atoms with van der Waals surface area (Å²) in [5.41, 5.74) is 0.994. The molecule has 2 N–H and O–H groups in total. The number of pyridine rings is 2. The highest BCUT2D eigenvalue weighted by molar-refractivity contribution is 9.10. The summed E-state index contributed by atoms with van der Waals surface area (Å²) in [6.45, 7) is 4.10. The predicted octanol–water partition coefficient (Wildman–Crippen LogP) is 4.84. The van der Waals surface area contributed by atoms with Crippen LogP contribution in [0.2, 0.25) is 5.15 Å². The van der Waals surface area contributed by atoms with Crippen LogP contribution in [0.4, 0.5) is 5.82 Å². The molecule has 0 saturated heterocycles. The second-order valence-electron chi connectivity index (χ2n) is 4.44. The zero-order valence-corrected chi connectivity index (χ0v) is 14.1. The molecular weight excluding hydrogens is 362 g/mol. The van der Waals surface area contributed by atoms with E-state index >= 15 is 0 Å². The number of aromatic hydroxyl groups is 1. The minimum atomic E-state index is 0.129. The minimum Gasteiger partial charge on any atom is -0.504 e. The lowest BCUT2D eigenvalue weighted by Gasteiger charge is -2.10. The van der Waals surface area contributed by atoms with E-state index in [9.17, 15) is 5.11 Å². The monoisotopic (exact) mass is 373 g/mol. The molecule has 0 fully saturated rings. The second kappa shape index (κ2) is 6.65. The van der Waals surface area contributed by atoms with E-state index in [-0.39, 0.29) is 5.75 Å². The lowest BCUT2D eigenvalue weighted by molar-refractivity contribution is 0.474. The maximum absolute atomic E-state index is 9.93. The molecule has 0 atom stereocenters. The lowest BCUT2D eigenvalue weighted by Crippen LogP contribution is -1.95.